The Morgan fingerprint density at radius 3 is 2.56 bits per heavy atom. The maximum absolute atomic E-state index is 13.0. The van der Waals surface area contributed by atoms with E-state index in [1.807, 2.05) is 31.2 Å². The molecule has 1 aliphatic rings. The summed E-state index contributed by atoms with van der Waals surface area (Å²) in [5.41, 5.74) is 2.98. The summed E-state index contributed by atoms with van der Waals surface area (Å²) in [6.45, 7) is 4.93. The summed E-state index contributed by atoms with van der Waals surface area (Å²) in [7, 11) is 3.15. The molecule has 3 rings (SSSR count). The summed E-state index contributed by atoms with van der Waals surface area (Å²) >= 11 is 3.44. The van der Waals surface area contributed by atoms with Gasteiger partial charge in [0.25, 0.3) is 5.91 Å². The predicted molar refractivity (Wildman–Crippen MR) is 109 cm³/mol. The van der Waals surface area contributed by atoms with Crippen molar-refractivity contribution in [1.29, 1.82) is 0 Å². The number of amides is 1. The molecule has 1 amide bonds. The Kier molecular flexibility index (Phi) is 6.23. The van der Waals surface area contributed by atoms with Gasteiger partial charge in [-0.2, -0.15) is 0 Å². The second-order valence-electron chi connectivity index (χ2n) is 6.24. The van der Waals surface area contributed by atoms with Crippen LogP contribution in [0.3, 0.4) is 0 Å². The number of nitrogens with zero attached hydrogens (tertiary/aromatic N) is 1. The molecule has 0 bridgehead atoms. The van der Waals surface area contributed by atoms with Crippen LogP contribution in [0.15, 0.2) is 34.8 Å². The summed E-state index contributed by atoms with van der Waals surface area (Å²) in [4.78, 5) is 15.2. The van der Waals surface area contributed by atoms with Crippen LogP contribution in [0.1, 0.15) is 15.9 Å². The molecule has 6 nitrogen and oxygen atoms in total. The van der Waals surface area contributed by atoms with E-state index in [1.165, 1.54) is 0 Å². The van der Waals surface area contributed by atoms with Gasteiger partial charge < -0.3 is 24.4 Å². The first kappa shape index (κ1) is 19.5. The Morgan fingerprint density at radius 2 is 1.89 bits per heavy atom. The number of benzene rings is 2. The van der Waals surface area contributed by atoms with Crippen molar-refractivity contribution in [2.75, 3.05) is 50.7 Å². The van der Waals surface area contributed by atoms with Gasteiger partial charge in [0, 0.05) is 23.2 Å². The van der Waals surface area contributed by atoms with E-state index in [4.69, 9.17) is 14.2 Å². The highest BCUT2D eigenvalue weighted by Crippen LogP contribution is 2.33. The Hall–Kier alpha value is -2.25. The second-order valence-corrected chi connectivity index (χ2v) is 7.16. The van der Waals surface area contributed by atoms with Gasteiger partial charge >= 0.3 is 0 Å². The predicted octanol–water partition coefficient (Wildman–Crippen LogP) is 3.86. The van der Waals surface area contributed by atoms with E-state index < -0.39 is 0 Å². The molecule has 0 radical (unpaired) electrons. The molecule has 1 fully saturated rings. The summed E-state index contributed by atoms with van der Waals surface area (Å²) in [6, 6.07) is 9.45. The minimum absolute atomic E-state index is 0.256. The molecular weight excluding hydrogens is 412 g/mol. The number of morpholine rings is 1. The van der Waals surface area contributed by atoms with Crippen LogP contribution in [-0.4, -0.2) is 46.4 Å². The Bertz CT molecular complexity index is 835. The van der Waals surface area contributed by atoms with Crippen LogP contribution in [0.2, 0.25) is 0 Å². The molecule has 0 saturated carbocycles. The maximum atomic E-state index is 13.0. The van der Waals surface area contributed by atoms with Crippen molar-refractivity contribution < 1.29 is 19.0 Å². The SMILES string of the molecule is COc1ccc(N2CCOCC2)cc1NC(=O)c1cc(Br)cc(C)c1OC. The van der Waals surface area contributed by atoms with Gasteiger partial charge in [0.2, 0.25) is 0 Å². The number of rotatable bonds is 5. The average Bonchev–Trinajstić information content (AvgIpc) is 2.68. The van der Waals surface area contributed by atoms with Gasteiger partial charge in [-0.25, -0.2) is 0 Å². The lowest BCUT2D eigenvalue weighted by Gasteiger charge is -2.29. The molecule has 0 aliphatic carbocycles. The number of nitrogens with one attached hydrogen (secondary N) is 1. The third-order valence-corrected chi connectivity index (χ3v) is 4.95. The zero-order chi connectivity index (χ0) is 19.4. The fourth-order valence-corrected chi connectivity index (χ4v) is 3.74. The Morgan fingerprint density at radius 1 is 1.15 bits per heavy atom. The number of carbonyl (C=O) groups is 1. The molecular formula is C20H23BrN2O4. The van der Waals surface area contributed by atoms with Gasteiger partial charge in [0.1, 0.15) is 11.5 Å². The Labute approximate surface area is 167 Å². The molecule has 2 aromatic rings. The number of methoxy groups -OCH3 is 2. The first-order chi connectivity index (χ1) is 13.0. The van der Waals surface area contributed by atoms with Crippen molar-refractivity contribution in [3.05, 3.63) is 45.9 Å². The van der Waals surface area contributed by atoms with Crippen LogP contribution in [0.25, 0.3) is 0 Å². The van der Waals surface area contributed by atoms with Gasteiger partial charge in [-0.3, -0.25) is 4.79 Å². The standard InChI is InChI=1S/C20H23BrN2O4/c1-13-10-14(21)11-16(19(13)26-3)20(24)22-17-12-15(4-5-18(17)25-2)23-6-8-27-9-7-23/h4-5,10-12H,6-9H2,1-3H3,(H,22,24). The molecule has 27 heavy (non-hydrogen) atoms. The first-order valence-corrected chi connectivity index (χ1v) is 9.49. The summed E-state index contributed by atoms with van der Waals surface area (Å²) < 4.78 is 17.1. The molecule has 1 aliphatic heterocycles. The van der Waals surface area contributed by atoms with E-state index in [0.29, 0.717) is 36.0 Å². The van der Waals surface area contributed by atoms with Gasteiger partial charge in [-0.1, -0.05) is 15.9 Å². The fraction of sp³-hybridized carbons (Fsp3) is 0.350. The van der Waals surface area contributed by atoms with Crippen molar-refractivity contribution in [2.24, 2.45) is 0 Å². The number of hydrogen-bond donors (Lipinski definition) is 1. The van der Waals surface area contributed by atoms with Crippen LogP contribution < -0.4 is 19.7 Å². The number of aryl methyl sites for hydroxylation is 1. The highest BCUT2D eigenvalue weighted by molar-refractivity contribution is 9.10. The minimum Gasteiger partial charge on any atom is -0.496 e. The van der Waals surface area contributed by atoms with Crippen molar-refractivity contribution in [3.8, 4) is 11.5 Å². The summed E-state index contributed by atoms with van der Waals surface area (Å²) in [6.07, 6.45) is 0. The monoisotopic (exact) mass is 434 g/mol. The van der Waals surface area contributed by atoms with E-state index in [0.717, 1.165) is 28.8 Å². The summed E-state index contributed by atoms with van der Waals surface area (Å²) in [5, 5.41) is 2.96. The number of ether oxygens (including phenoxy) is 3. The third-order valence-electron chi connectivity index (χ3n) is 4.50. The van der Waals surface area contributed by atoms with Crippen molar-refractivity contribution in [3.63, 3.8) is 0 Å². The van der Waals surface area contributed by atoms with Gasteiger partial charge in [-0.15, -0.1) is 0 Å². The van der Waals surface area contributed by atoms with E-state index in [1.54, 1.807) is 20.3 Å². The van der Waals surface area contributed by atoms with Gasteiger partial charge in [0.15, 0.2) is 0 Å². The summed E-state index contributed by atoms with van der Waals surface area (Å²) in [5.74, 6) is 0.902. The number of halogens is 1. The minimum atomic E-state index is -0.256. The molecule has 144 valence electrons. The highest BCUT2D eigenvalue weighted by atomic mass is 79.9. The third kappa shape index (κ3) is 4.36. The number of carbonyl (C=O) groups excluding carboxylic acids is 1. The van der Waals surface area contributed by atoms with Crippen LogP contribution in [-0.2, 0) is 4.74 Å². The molecule has 1 heterocycles. The highest BCUT2D eigenvalue weighted by Gasteiger charge is 2.19. The molecule has 2 aromatic carbocycles. The van der Waals surface area contributed by atoms with Crippen LogP contribution in [0.4, 0.5) is 11.4 Å². The first-order valence-electron chi connectivity index (χ1n) is 8.69. The van der Waals surface area contributed by atoms with E-state index in [-0.39, 0.29) is 5.91 Å². The molecule has 0 spiro atoms. The van der Waals surface area contributed by atoms with Crippen LogP contribution >= 0.6 is 15.9 Å². The average molecular weight is 435 g/mol. The van der Waals surface area contributed by atoms with Crippen molar-refractivity contribution in [2.45, 2.75) is 6.92 Å². The second kappa shape index (κ2) is 8.63. The molecule has 0 aromatic heterocycles. The topological polar surface area (TPSA) is 60.0 Å². The van der Waals surface area contributed by atoms with Crippen molar-refractivity contribution in [1.82, 2.24) is 0 Å². The Balaban J connectivity index is 1.91. The zero-order valence-electron chi connectivity index (χ0n) is 15.7. The van der Waals surface area contributed by atoms with E-state index in [9.17, 15) is 4.79 Å². The van der Waals surface area contributed by atoms with Crippen LogP contribution in [0, 0.1) is 6.92 Å². The molecule has 1 saturated heterocycles. The van der Waals surface area contributed by atoms with Gasteiger partial charge in [0.05, 0.1) is 38.7 Å². The number of hydrogen-bond acceptors (Lipinski definition) is 5. The van der Waals surface area contributed by atoms with Crippen molar-refractivity contribution >= 4 is 33.2 Å². The zero-order valence-corrected chi connectivity index (χ0v) is 17.3. The molecule has 1 N–H and O–H groups in total. The largest absolute Gasteiger partial charge is 0.496 e. The lowest BCUT2D eigenvalue weighted by Crippen LogP contribution is -2.36. The fourth-order valence-electron chi connectivity index (χ4n) is 3.17. The number of anilines is 2. The van der Waals surface area contributed by atoms with Crippen LogP contribution in [0.5, 0.6) is 11.5 Å². The van der Waals surface area contributed by atoms with Gasteiger partial charge in [-0.05, 0) is 42.8 Å². The normalized spacial score (nSPS) is 14.0. The molecule has 7 heteroatoms. The molecule has 0 unspecified atom stereocenters. The van der Waals surface area contributed by atoms with E-state index >= 15 is 0 Å². The lowest BCUT2D eigenvalue weighted by molar-refractivity contribution is 0.102. The quantitative estimate of drug-likeness (QED) is 0.773. The van der Waals surface area contributed by atoms with E-state index in [2.05, 4.69) is 26.1 Å². The smallest absolute Gasteiger partial charge is 0.259 e. The lowest BCUT2D eigenvalue weighted by atomic mass is 10.1. The molecule has 0 atom stereocenters. The maximum Gasteiger partial charge on any atom is 0.259 e.